The fourth-order valence-corrected chi connectivity index (χ4v) is 2.34. The second kappa shape index (κ2) is 7.20. The molecule has 90 valence electrons. The first-order chi connectivity index (χ1) is 7.24. The average molecular weight is 214 g/mol. The van der Waals surface area contributed by atoms with Gasteiger partial charge in [0.05, 0.1) is 6.10 Å². The smallest absolute Gasteiger partial charge is 0.0524 e. The molecule has 2 atom stereocenters. The van der Waals surface area contributed by atoms with Crippen LogP contribution in [-0.2, 0) is 0 Å². The summed E-state index contributed by atoms with van der Waals surface area (Å²) >= 11 is 0. The van der Waals surface area contributed by atoms with Crippen molar-refractivity contribution < 1.29 is 5.11 Å². The van der Waals surface area contributed by atoms with Crippen molar-refractivity contribution in [2.75, 3.05) is 26.7 Å². The Morgan fingerprint density at radius 2 is 2.27 bits per heavy atom. The minimum Gasteiger partial charge on any atom is -0.393 e. The number of likely N-dealkylation sites (tertiary alicyclic amines) is 1. The van der Waals surface area contributed by atoms with Crippen LogP contribution in [0.3, 0.4) is 0 Å². The van der Waals surface area contributed by atoms with Crippen molar-refractivity contribution in [2.24, 2.45) is 0 Å². The standard InChI is InChI=1S/C12H26N2O/c1-11(15)7-10-14-9-4-3-5-12(14)6-8-13-2/h11-13,15H,3-10H2,1-2H3. The predicted octanol–water partition coefficient (Wildman–Crippen LogP) is 1.22. The molecule has 0 aromatic heterocycles. The van der Waals surface area contributed by atoms with Gasteiger partial charge in [0.15, 0.2) is 0 Å². The summed E-state index contributed by atoms with van der Waals surface area (Å²) in [5.74, 6) is 0. The SMILES string of the molecule is CNCCC1CCCCN1CCC(C)O. The van der Waals surface area contributed by atoms with Gasteiger partial charge in [0.25, 0.3) is 0 Å². The summed E-state index contributed by atoms with van der Waals surface area (Å²) in [6.07, 6.45) is 6.04. The monoisotopic (exact) mass is 214 g/mol. The number of hydrogen-bond acceptors (Lipinski definition) is 3. The number of hydrogen-bond donors (Lipinski definition) is 2. The van der Waals surface area contributed by atoms with Gasteiger partial charge in [-0.3, -0.25) is 0 Å². The van der Waals surface area contributed by atoms with Gasteiger partial charge in [-0.2, -0.15) is 0 Å². The van der Waals surface area contributed by atoms with Crippen molar-refractivity contribution in [3.8, 4) is 0 Å². The van der Waals surface area contributed by atoms with Gasteiger partial charge in [-0.1, -0.05) is 6.42 Å². The molecule has 1 aliphatic heterocycles. The van der Waals surface area contributed by atoms with E-state index in [4.69, 9.17) is 0 Å². The van der Waals surface area contributed by atoms with Crippen LogP contribution in [0, 0.1) is 0 Å². The third-order valence-corrected chi connectivity index (χ3v) is 3.31. The summed E-state index contributed by atoms with van der Waals surface area (Å²) in [5, 5.41) is 12.5. The number of nitrogens with zero attached hydrogens (tertiary/aromatic N) is 1. The van der Waals surface area contributed by atoms with Gasteiger partial charge >= 0.3 is 0 Å². The lowest BCUT2D eigenvalue weighted by Gasteiger charge is -2.36. The molecule has 0 radical (unpaired) electrons. The zero-order valence-electron chi connectivity index (χ0n) is 10.2. The Morgan fingerprint density at radius 1 is 1.47 bits per heavy atom. The number of nitrogens with one attached hydrogen (secondary N) is 1. The molecular weight excluding hydrogens is 188 g/mol. The van der Waals surface area contributed by atoms with Gasteiger partial charge in [-0.05, 0) is 52.7 Å². The van der Waals surface area contributed by atoms with Gasteiger partial charge in [-0.15, -0.1) is 0 Å². The van der Waals surface area contributed by atoms with Crippen LogP contribution in [0.25, 0.3) is 0 Å². The van der Waals surface area contributed by atoms with E-state index >= 15 is 0 Å². The highest BCUT2D eigenvalue weighted by atomic mass is 16.3. The van der Waals surface area contributed by atoms with Crippen LogP contribution in [0.4, 0.5) is 0 Å². The molecule has 0 aromatic rings. The van der Waals surface area contributed by atoms with Crippen LogP contribution >= 0.6 is 0 Å². The first kappa shape index (κ1) is 12.9. The molecule has 1 fully saturated rings. The van der Waals surface area contributed by atoms with E-state index in [0.717, 1.165) is 25.6 Å². The minimum atomic E-state index is -0.156. The van der Waals surface area contributed by atoms with Crippen LogP contribution in [0.1, 0.15) is 39.0 Å². The number of aliphatic hydroxyl groups is 1. The van der Waals surface area contributed by atoms with E-state index in [1.54, 1.807) is 0 Å². The van der Waals surface area contributed by atoms with Gasteiger partial charge in [0.1, 0.15) is 0 Å². The third-order valence-electron chi connectivity index (χ3n) is 3.31. The third kappa shape index (κ3) is 4.96. The quantitative estimate of drug-likeness (QED) is 0.698. The van der Waals surface area contributed by atoms with Crippen LogP contribution in [-0.4, -0.2) is 48.8 Å². The molecule has 0 aromatic carbocycles. The van der Waals surface area contributed by atoms with Crippen LogP contribution in [0.5, 0.6) is 0 Å². The maximum absolute atomic E-state index is 9.31. The lowest BCUT2D eigenvalue weighted by Crippen LogP contribution is -2.42. The van der Waals surface area contributed by atoms with Crippen LogP contribution < -0.4 is 5.32 Å². The van der Waals surface area contributed by atoms with Gasteiger partial charge < -0.3 is 15.3 Å². The van der Waals surface area contributed by atoms with Crippen LogP contribution in [0.2, 0.25) is 0 Å². The molecule has 0 spiro atoms. The summed E-state index contributed by atoms with van der Waals surface area (Å²) in [5.41, 5.74) is 0. The van der Waals surface area contributed by atoms with Crippen molar-refractivity contribution in [3.63, 3.8) is 0 Å². The molecule has 0 aliphatic carbocycles. The van der Waals surface area contributed by atoms with E-state index in [-0.39, 0.29) is 6.10 Å². The van der Waals surface area contributed by atoms with E-state index in [1.165, 1.54) is 32.2 Å². The van der Waals surface area contributed by atoms with Crippen molar-refractivity contribution in [1.29, 1.82) is 0 Å². The zero-order chi connectivity index (χ0) is 11.1. The maximum Gasteiger partial charge on any atom is 0.0524 e. The normalized spacial score (nSPS) is 25.4. The predicted molar refractivity (Wildman–Crippen MR) is 64.1 cm³/mol. The lowest BCUT2D eigenvalue weighted by atomic mass is 9.99. The Bertz CT molecular complexity index is 162. The Kier molecular flexibility index (Phi) is 6.22. The Morgan fingerprint density at radius 3 is 2.93 bits per heavy atom. The highest BCUT2D eigenvalue weighted by Gasteiger charge is 2.21. The number of aliphatic hydroxyl groups excluding tert-OH is 1. The molecule has 0 amide bonds. The molecular formula is C12H26N2O. The zero-order valence-corrected chi connectivity index (χ0v) is 10.2. The van der Waals surface area contributed by atoms with E-state index in [2.05, 4.69) is 10.2 Å². The molecule has 2 unspecified atom stereocenters. The van der Waals surface area contributed by atoms with Crippen molar-refractivity contribution in [2.45, 2.75) is 51.2 Å². The van der Waals surface area contributed by atoms with E-state index in [1.807, 2.05) is 14.0 Å². The first-order valence-electron chi connectivity index (χ1n) is 6.30. The minimum absolute atomic E-state index is 0.156. The fraction of sp³-hybridized carbons (Fsp3) is 1.00. The summed E-state index contributed by atoms with van der Waals surface area (Å²) in [6, 6.07) is 0.741. The molecule has 1 aliphatic rings. The number of rotatable bonds is 6. The van der Waals surface area contributed by atoms with Gasteiger partial charge in [-0.25, -0.2) is 0 Å². The van der Waals surface area contributed by atoms with E-state index in [0.29, 0.717) is 0 Å². The second-order valence-corrected chi connectivity index (χ2v) is 4.72. The molecule has 3 nitrogen and oxygen atoms in total. The van der Waals surface area contributed by atoms with Crippen molar-refractivity contribution in [3.05, 3.63) is 0 Å². The summed E-state index contributed by atoms with van der Waals surface area (Å²) in [7, 11) is 2.02. The summed E-state index contributed by atoms with van der Waals surface area (Å²) < 4.78 is 0. The first-order valence-corrected chi connectivity index (χ1v) is 6.30. The Labute approximate surface area is 93.9 Å². The lowest BCUT2D eigenvalue weighted by molar-refractivity contribution is 0.106. The topological polar surface area (TPSA) is 35.5 Å². The molecule has 1 saturated heterocycles. The molecule has 3 heteroatoms. The highest BCUT2D eigenvalue weighted by molar-refractivity contribution is 4.77. The van der Waals surface area contributed by atoms with Gasteiger partial charge in [0, 0.05) is 12.6 Å². The fourth-order valence-electron chi connectivity index (χ4n) is 2.34. The second-order valence-electron chi connectivity index (χ2n) is 4.72. The molecule has 1 heterocycles. The molecule has 0 saturated carbocycles. The van der Waals surface area contributed by atoms with Crippen molar-refractivity contribution >= 4 is 0 Å². The van der Waals surface area contributed by atoms with Crippen LogP contribution in [0.15, 0.2) is 0 Å². The molecule has 0 bridgehead atoms. The molecule has 1 rings (SSSR count). The molecule has 2 N–H and O–H groups in total. The van der Waals surface area contributed by atoms with Crippen molar-refractivity contribution in [1.82, 2.24) is 10.2 Å². The van der Waals surface area contributed by atoms with Gasteiger partial charge in [0.2, 0.25) is 0 Å². The van der Waals surface area contributed by atoms with E-state index < -0.39 is 0 Å². The summed E-state index contributed by atoms with van der Waals surface area (Å²) in [4.78, 5) is 2.56. The highest BCUT2D eigenvalue weighted by Crippen LogP contribution is 2.19. The Balaban J connectivity index is 2.29. The summed E-state index contributed by atoms with van der Waals surface area (Å²) in [6.45, 7) is 5.27. The maximum atomic E-state index is 9.31. The van der Waals surface area contributed by atoms with E-state index in [9.17, 15) is 5.11 Å². The number of piperidine rings is 1. The Hall–Kier alpha value is -0.120. The molecule has 15 heavy (non-hydrogen) atoms. The average Bonchev–Trinajstić information content (AvgIpc) is 2.24. The largest absolute Gasteiger partial charge is 0.393 e.